The first-order chi connectivity index (χ1) is 17.5. The van der Waals surface area contributed by atoms with E-state index < -0.39 is 25.2 Å². The van der Waals surface area contributed by atoms with E-state index in [1.165, 1.54) is 42.1 Å². The van der Waals surface area contributed by atoms with Crippen LogP contribution in [-0.4, -0.2) is 28.9 Å². The van der Waals surface area contributed by atoms with Gasteiger partial charge in [0.05, 0.1) is 31.1 Å². The van der Waals surface area contributed by atoms with E-state index in [1.54, 1.807) is 36.4 Å². The number of fused-ring (bicyclic) bond motifs is 3. The summed E-state index contributed by atoms with van der Waals surface area (Å²) in [5.74, 6) is -0.410. The monoisotopic (exact) mass is 560 g/mol. The second-order valence-electron chi connectivity index (χ2n) is 9.02. The lowest BCUT2D eigenvalue weighted by molar-refractivity contribution is -0.387. The molecule has 10 nitrogen and oxygen atoms in total. The fourth-order valence-corrected chi connectivity index (χ4v) is 7.77. The minimum absolute atomic E-state index is 0.00630. The van der Waals surface area contributed by atoms with E-state index in [0.29, 0.717) is 22.6 Å². The van der Waals surface area contributed by atoms with E-state index in [1.807, 2.05) is 0 Å². The smallest absolute Gasteiger partial charge is 0.282 e. The quantitative estimate of drug-likeness (QED) is 0.237. The van der Waals surface area contributed by atoms with Crippen molar-refractivity contribution in [3.8, 4) is 0 Å². The molecule has 0 aromatic heterocycles. The van der Waals surface area contributed by atoms with Gasteiger partial charge in [0.1, 0.15) is 0 Å². The zero-order valence-corrected chi connectivity index (χ0v) is 21.4. The van der Waals surface area contributed by atoms with Gasteiger partial charge in [-0.1, -0.05) is 24.3 Å². The summed E-state index contributed by atoms with van der Waals surface area (Å²) >= 11 is 8.39. The van der Waals surface area contributed by atoms with Crippen LogP contribution in [0.5, 0.6) is 0 Å². The lowest BCUT2D eigenvalue weighted by Crippen LogP contribution is -2.31. The third kappa shape index (κ3) is 4.77. The van der Waals surface area contributed by atoms with Crippen molar-refractivity contribution in [1.82, 2.24) is 0 Å². The molecule has 1 saturated carbocycles. The van der Waals surface area contributed by atoms with Crippen LogP contribution >= 0.6 is 23.4 Å². The molecule has 0 amide bonds. The van der Waals surface area contributed by atoms with Crippen molar-refractivity contribution < 1.29 is 18.3 Å². The molecule has 1 aliphatic carbocycles. The largest absolute Gasteiger partial charge is 0.378 e. The summed E-state index contributed by atoms with van der Waals surface area (Å²) in [6, 6.07) is 17.1. The average molecular weight is 561 g/mol. The van der Waals surface area contributed by atoms with Crippen LogP contribution in [0.2, 0.25) is 0 Å². The number of primary sulfonamides is 1. The number of benzene rings is 3. The highest BCUT2D eigenvalue weighted by atomic mass is 35.5. The molecule has 1 aliphatic heterocycles. The lowest BCUT2D eigenvalue weighted by Gasteiger charge is -2.38. The average Bonchev–Trinajstić information content (AvgIpc) is 3.19. The molecule has 0 saturated heterocycles. The van der Waals surface area contributed by atoms with Crippen molar-refractivity contribution in [2.75, 3.05) is 5.32 Å². The number of hydrogen-bond donors (Lipinski definition) is 2. The molecule has 0 bridgehead atoms. The van der Waals surface area contributed by atoms with Gasteiger partial charge in [0.2, 0.25) is 10.0 Å². The number of nitro benzene ring substituents is 2. The van der Waals surface area contributed by atoms with Crippen LogP contribution in [0.15, 0.2) is 76.5 Å². The fraction of sp³-hybridized carbons (Fsp3) is 0.250. The van der Waals surface area contributed by atoms with Gasteiger partial charge in [0.15, 0.2) is 0 Å². The number of sulfonamides is 1. The molecular formula is C24H21ClN4O6S2. The molecule has 3 aromatic rings. The van der Waals surface area contributed by atoms with E-state index in [-0.39, 0.29) is 39.4 Å². The third-order valence-electron chi connectivity index (χ3n) is 6.92. The van der Waals surface area contributed by atoms with Gasteiger partial charge in [-0.15, -0.1) is 23.4 Å². The Morgan fingerprint density at radius 2 is 1.70 bits per heavy atom. The second-order valence-corrected chi connectivity index (χ2v) is 12.4. The summed E-state index contributed by atoms with van der Waals surface area (Å²) in [4.78, 5) is 22.3. The number of rotatable bonds is 6. The van der Waals surface area contributed by atoms with Crippen LogP contribution in [0.1, 0.15) is 29.5 Å². The molecule has 5 atom stereocenters. The molecule has 1 heterocycles. The molecule has 1 fully saturated rings. The van der Waals surface area contributed by atoms with Gasteiger partial charge >= 0.3 is 0 Å². The minimum atomic E-state index is -3.95. The number of alkyl halides is 1. The highest BCUT2D eigenvalue weighted by Crippen LogP contribution is 2.58. The molecule has 37 heavy (non-hydrogen) atoms. The summed E-state index contributed by atoms with van der Waals surface area (Å²) in [7, 11) is -3.95. The van der Waals surface area contributed by atoms with Crippen molar-refractivity contribution in [1.29, 1.82) is 0 Å². The number of nitrogens with two attached hydrogens (primary N) is 1. The SMILES string of the molecule is NS(=O)(=O)c1ccc2c(c1)C1C(Cl)C(Sc3ccccc3[N+](=O)[O-])CC1C(c1ccc([N+](=O)[O-])cc1)N2. The molecule has 192 valence electrons. The summed E-state index contributed by atoms with van der Waals surface area (Å²) in [5.41, 5.74) is 2.19. The second kappa shape index (κ2) is 9.60. The van der Waals surface area contributed by atoms with Gasteiger partial charge in [-0.05, 0) is 47.7 Å². The Hall–Kier alpha value is -3.19. The first kappa shape index (κ1) is 25.5. The Balaban J connectivity index is 1.57. The Morgan fingerprint density at radius 1 is 1.00 bits per heavy atom. The van der Waals surface area contributed by atoms with Crippen LogP contribution in [0.25, 0.3) is 0 Å². The van der Waals surface area contributed by atoms with Crippen LogP contribution in [0.4, 0.5) is 17.1 Å². The van der Waals surface area contributed by atoms with Gasteiger partial charge in [0, 0.05) is 35.1 Å². The van der Waals surface area contributed by atoms with Gasteiger partial charge in [0.25, 0.3) is 11.4 Å². The molecule has 2 aliphatic rings. The molecule has 0 radical (unpaired) electrons. The van der Waals surface area contributed by atoms with Crippen molar-refractivity contribution in [2.45, 2.75) is 38.8 Å². The van der Waals surface area contributed by atoms with Crippen LogP contribution in [0.3, 0.4) is 0 Å². The number of nitrogens with zero attached hydrogens (tertiary/aromatic N) is 2. The number of anilines is 1. The Labute approximate surface area is 221 Å². The molecule has 3 N–H and O–H groups in total. The number of nitro groups is 2. The molecule has 5 unspecified atom stereocenters. The van der Waals surface area contributed by atoms with E-state index in [4.69, 9.17) is 16.7 Å². The Morgan fingerprint density at radius 3 is 2.35 bits per heavy atom. The molecule has 5 rings (SSSR count). The number of para-hydroxylation sites is 1. The fourth-order valence-electron chi connectivity index (χ4n) is 5.28. The van der Waals surface area contributed by atoms with Crippen LogP contribution < -0.4 is 10.5 Å². The van der Waals surface area contributed by atoms with Gasteiger partial charge in [-0.2, -0.15) is 0 Å². The number of non-ortho nitro benzene ring substituents is 1. The third-order valence-corrected chi connectivity index (χ3v) is 9.94. The molecular weight excluding hydrogens is 540 g/mol. The van der Waals surface area contributed by atoms with Crippen molar-refractivity contribution in [3.63, 3.8) is 0 Å². The van der Waals surface area contributed by atoms with Crippen molar-refractivity contribution in [2.24, 2.45) is 11.1 Å². The van der Waals surface area contributed by atoms with Crippen molar-refractivity contribution in [3.05, 3.63) is 98.1 Å². The van der Waals surface area contributed by atoms with Gasteiger partial charge in [-0.3, -0.25) is 20.2 Å². The number of halogens is 1. The van der Waals surface area contributed by atoms with Crippen LogP contribution in [-0.2, 0) is 10.0 Å². The summed E-state index contributed by atoms with van der Waals surface area (Å²) in [5, 5.41) is 30.9. The van der Waals surface area contributed by atoms with Crippen LogP contribution in [0, 0.1) is 26.1 Å². The topological polar surface area (TPSA) is 158 Å². The summed E-state index contributed by atoms with van der Waals surface area (Å²) in [6.45, 7) is 0. The molecule has 3 aromatic carbocycles. The minimum Gasteiger partial charge on any atom is -0.378 e. The Kier molecular flexibility index (Phi) is 6.61. The molecule has 0 spiro atoms. The molecule has 13 heteroatoms. The number of hydrogen-bond acceptors (Lipinski definition) is 8. The summed E-state index contributed by atoms with van der Waals surface area (Å²) < 4.78 is 24.1. The van der Waals surface area contributed by atoms with E-state index in [2.05, 4.69) is 5.32 Å². The van der Waals surface area contributed by atoms with E-state index in [9.17, 15) is 28.6 Å². The zero-order valence-electron chi connectivity index (χ0n) is 19.1. The highest BCUT2D eigenvalue weighted by molar-refractivity contribution is 8.00. The van der Waals surface area contributed by atoms with E-state index >= 15 is 0 Å². The Bertz CT molecular complexity index is 1500. The normalized spacial score (nSPS) is 24.5. The predicted molar refractivity (Wildman–Crippen MR) is 141 cm³/mol. The number of thioether (sulfide) groups is 1. The van der Waals surface area contributed by atoms with Crippen molar-refractivity contribution >= 4 is 50.4 Å². The highest BCUT2D eigenvalue weighted by Gasteiger charge is 2.50. The summed E-state index contributed by atoms with van der Waals surface area (Å²) in [6.07, 6.45) is 0.573. The van der Waals surface area contributed by atoms with Gasteiger partial charge in [-0.25, -0.2) is 13.6 Å². The lowest BCUT2D eigenvalue weighted by atomic mass is 9.77. The first-order valence-electron chi connectivity index (χ1n) is 11.3. The maximum absolute atomic E-state index is 12.1. The maximum Gasteiger partial charge on any atom is 0.282 e. The first-order valence-corrected chi connectivity index (χ1v) is 14.1. The number of nitrogens with one attached hydrogen (secondary N) is 1. The predicted octanol–water partition coefficient (Wildman–Crippen LogP) is 5.19. The maximum atomic E-state index is 12.1. The zero-order chi connectivity index (χ0) is 26.5. The standard InChI is InChI=1S/C24H21ClN4O6S2/c25-23-21(36-20-4-2-1-3-19(20)29(32)33)12-17-22(23)16-11-15(37(26,34)35)9-10-18(16)27-24(17)13-5-7-14(8-6-13)28(30)31/h1-11,17,21-24,27H,12H2,(H2,26,34,35). The van der Waals surface area contributed by atoms with Gasteiger partial charge < -0.3 is 5.32 Å². The van der Waals surface area contributed by atoms with E-state index in [0.717, 1.165) is 5.56 Å².